The third-order valence-corrected chi connectivity index (χ3v) is 3.92. The molecule has 1 aliphatic carbocycles. The number of hydrogen-bond donors (Lipinski definition) is 1. The van der Waals surface area contributed by atoms with Crippen molar-refractivity contribution in [1.82, 2.24) is 14.8 Å². The van der Waals surface area contributed by atoms with Gasteiger partial charge in [0.05, 0.1) is 5.60 Å². The van der Waals surface area contributed by atoms with Gasteiger partial charge in [0.25, 0.3) is 0 Å². The topological polar surface area (TPSA) is 66.0 Å². The lowest BCUT2D eigenvalue weighted by molar-refractivity contribution is -0.0870. The van der Waals surface area contributed by atoms with Crippen LogP contribution in [0.1, 0.15) is 45.4 Å². The lowest BCUT2D eigenvalue weighted by Crippen LogP contribution is -2.44. The molecule has 2 N–H and O–H groups in total. The molecule has 0 aromatic carbocycles. The van der Waals surface area contributed by atoms with Crippen molar-refractivity contribution in [3.63, 3.8) is 0 Å². The lowest BCUT2D eigenvalue weighted by Gasteiger charge is -2.39. The van der Waals surface area contributed by atoms with Crippen molar-refractivity contribution in [2.75, 3.05) is 6.54 Å². The van der Waals surface area contributed by atoms with Crippen LogP contribution in [0.15, 0.2) is 6.33 Å². The minimum absolute atomic E-state index is 0.151. The number of aromatic nitrogens is 3. The normalized spacial score (nSPS) is 28.5. The van der Waals surface area contributed by atoms with Crippen LogP contribution in [-0.4, -0.2) is 26.9 Å². The first kappa shape index (κ1) is 13.5. The fraction of sp³-hybridized carbons (Fsp3) is 0.846. The summed E-state index contributed by atoms with van der Waals surface area (Å²) in [6.45, 7) is 6.27. The Labute approximate surface area is 109 Å². The average Bonchev–Trinajstić information content (AvgIpc) is 2.84. The molecule has 102 valence electrons. The van der Waals surface area contributed by atoms with Crippen LogP contribution in [0.2, 0.25) is 0 Å². The zero-order chi connectivity index (χ0) is 13.0. The van der Waals surface area contributed by atoms with E-state index in [-0.39, 0.29) is 5.60 Å². The van der Waals surface area contributed by atoms with E-state index in [2.05, 4.69) is 23.9 Å². The van der Waals surface area contributed by atoms with Crippen LogP contribution in [0.4, 0.5) is 0 Å². The number of aryl methyl sites for hydroxylation is 1. The zero-order valence-corrected chi connectivity index (χ0v) is 11.4. The number of ether oxygens (including phenoxy) is 1. The van der Waals surface area contributed by atoms with Crippen molar-refractivity contribution in [1.29, 1.82) is 0 Å². The third-order valence-electron chi connectivity index (χ3n) is 3.92. The Kier molecular flexibility index (Phi) is 4.35. The largest absolute Gasteiger partial charge is 0.366 e. The van der Waals surface area contributed by atoms with Crippen molar-refractivity contribution < 1.29 is 4.74 Å². The molecule has 0 radical (unpaired) electrons. The maximum atomic E-state index is 6.13. The number of nitrogens with two attached hydrogens (primary N) is 1. The molecule has 0 aliphatic heterocycles. The summed E-state index contributed by atoms with van der Waals surface area (Å²) < 4.78 is 8.00. The third kappa shape index (κ3) is 2.90. The van der Waals surface area contributed by atoms with Gasteiger partial charge in [0, 0.05) is 13.1 Å². The van der Waals surface area contributed by atoms with Gasteiger partial charge in [0.2, 0.25) is 0 Å². The van der Waals surface area contributed by atoms with Crippen LogP contribution in [-0.2, 0) is 17.9 Å². The van der Waals surface area contributed by atoms with E-state index < -0.39 is 0 Å². The molecule has 1 aliphatic rings. The maximum absolute atomic E-state index is 6.13. The lowest BCUT2D eigenvalue weighted by atomic mass is 9.79. The molecule has 1 aromatic rings. The summed E-state index contributed by atoms with van der Waals surface area (Å²) in [6, 6.07) is 0. The Morgan fingerprint density at radius 1 is 1.61 bits per heavy atom. The Balaban J connectivity index is 1.98. The molecule has 0 spiro atoms. The van der Waals surface area contributed by atoms with E-state index in [1.807, 2.05) is 4.68 Å². The van der Waals surface area contributed by atoms with Gasteiger partial charge in [0.1, 0.15) is 12.9 Å². The molecule has 0 amide bonds. The van der Waals surface area contributed by atoms with Crippen LogP contribution < -0.4 is 5.73 Å². The summed E-state index contributed by atoms with van der Waals surface area (Å²) in [5.74, 6) is 1.59. The highest BCUT2D eigenvalue weighted by molar-refractivity contribution is 4.90. The first-order chi connectivity index (χ1) is 8.69. The second kappa shape index (κ2) is 5.80. The number of rotatable bonds is 5. The summed E-state index contributed by atoms with van der Waals surface area (Å²) in [6.07, 6.45) is 6.20. The second-order valence-corrected chi connectivity index (χ2v) is 5.37. The molecule has 1 aromatic heterocycles. The van der Waals surface area contributed by atoms with Gasteiger partial charge in [-0.2, -0.15) is 5.10 Å². The summed E-state index contributed by atoms with van der Waals surface area (Å²) in [5.41, 5.74) is 5.79. The Morgan fingerprint density at radius 2 is 2.44 bits per heavy atom. The summed E-state index contributed by atoms with van der Waals surface area (Å²) in [5, 5.41) is 4.16. The number of hydrogen-bond acceptors (Lipinski definition) is 4. The highest BCUT2D eigenvalue weighted by atomic mass is 16.5. The molecule has 2 unspecified atom stereocenters. The summed E-state index contributed by atoms with van der Waals surface area (Å²) >= 11 is 0. The molecule has 1 heterocycles. The van der Waals surface area contributed by atoms with Gasteiger partial charge in [-0.15, -0.1) is 0 Å². The van der Waals surface area contributed by atoms with E-state index in [0.29, 0.717) is 19.1 Å². The predicted molar refractivity (Wildman–Crippen MR) is 69.9 cm³/mol. The van der Waals surface area contributed by atoms with E-state index in [1.54, 1.807) is 6.33 Å². The molecule has 1 saturated carbocycles. The summed E-state index contributed by atoms with van der Waals surface area (Å²) in [7, 11) is 0. The van der Waals surface area contributed by atoms with Crippen molar-refractivity contribution in [3.05, 3.63) is 12.2 Å². The quantitative estimate of drug-likeness (QED) is 0.866. The smallest absolute Gasteiger partial charge is 0.152 e. The maximum Gasteiger partial charge on any atom is 0.152 e. The SMILES string of the molecule is CCn1ncnc1COC1(CN)CCCC(C)C1. The predicted octanol–water partition coefficient (Wildman–Crippen LogP) is 1.72. The Hall–Kier alpha value is -0.940. The number of nitrogens with zero attached hydrogens (tertiary/aromatic N) is 3. The van der Waals surface area contributed by atoms with Gasteiger partial charge in [-0.25, -0.2) is 9.67 Å². The highest BCUT2D eigenvalue weighted by Gasteiger charge is 2.34. The molecule has 0 bridgehead atoms. The molecular weight excluding hydrogens is 228 g/mol. The van der Waals surface area contributed by atoms with Gasteiger partial charge in [0.15, 0.2) is 5.82 Å². The van der Waals surface area contributed by atoms with Crippen molar-refractivity contribution >= 4 is 0 Å². The fourth-order valence-electron chi connectivity index (χ4n) is 2.87. The van der Waals surface area contributed by atoms with E-state index in [4.69, 9.17) is 10.5 Å². The Morgan fingerprint density at radius 3 is 3.11 bits per heavy atom. The first-order valence-corrected chi connectivity index (χ1v) is 6.90. The fourth-order valence-corrected chi connectivity index (χ4v) is 2.87. The molecule has 2 atom stereocenters. The second-order valence-electron chi connectivity index (χ2n) is 5.37. The van der Waals surface area contributed by atoms with Crippen molar-refractivity contribution in [3.8, 4) is 0 Å². The molecular formula is C13H24N4O. The monoisotopic (exact) mass is 252 g/mol. The van der Waals surface area contributed by atoms with Crippen LogP contribution >= 0.6 is 0 Å². The van der Waals surface area contributed by atoms with E-state index >= 15 is 0 Å². The molecule has 5 nitrogen and oxygen atoms in total. The molecule has 2 rings (SSSR count). The standard InChI is InChI=1S/C13H24N4O/c1-3-17-12(15-10-16-17)8-18-13(9-14)6-4-5-11(2)7-13/h10-11H,3-9,14H2,1-2H3. The van der Waals surface area contributed by atoms with Crippen molar-refractivity contribution in [2.24, 2.45) is 11.7 Å². The molecule has 5 heteroatoms. The van der Waals surface area contributed by atoms with Gasteiger partial charge in [-0.3, -0.25) is 0 Å². The van der Waals surface area contributed by atoms with Crippen molar-refractivity contribution in [2.45, 2.75) is 58.3 Å². The van der Waals surface area contributed by atoms with Gasteiger partial charge >= 0.3 is 0 Å². The van der Waals surface area contributed by atoms with Gasteiger partial charge < -0.3 is 10.5 Å². The van der Waals surface area contributed by atoms with E-state index in [9.17, 15) is 0 Å². The van der Waals surface area contributed by atoms with Crippen LogP contribution in [0.3, 0.4) is 0 Å². The Bertz CT molecular complexity index is 379. The van der Waals surface area contributed by atoms with E-state index in [1.165, 1.54) is 12.8 Å². The van der Waals surface area contributed by atoms with Gasteiger partial charge in [-0.1, -0.05) is 19.8 Å². The van der Waals surface area contributed by atoms with Crippen LogP contribution in [0, 0.1) is 5.92 Å². The van der Waals surface area contributed by atoms with Gasteiger partial charge in [-0.05, 0) is 25.7 Å². The average molecular weight is 252 g/mol. The zero-order valence-electron chi connectivity index (χ0n) is 11.4. The van der Waals surface area contributed by atoms with Crippen LogP contribution in [0.5, 0.6) is 0 Å². The van der Waals surface area contributed by atoms with E-state index in [0.717, 1.165) is 25.2 Å². The minimum atomic E-state index is -0.151. The molecule has 0 saturated heterocycles. The first-order valence-electron chi connectivity index (χ1n) is 6.90. The highest BCUT2D eigenvalue weighted by Crippen LogP contribution is 2.34. The minimum Gasteiger partial charge on any atom is -0.366 e. The summed E-state index contributed by atoms with van der Waals surface area (Å²) in [4.78, 5) is 4.24. The molecule has 1 fully saturated rings. The van der Waals surface area contributed by atoms with Crippen LogP contribution in [0.25, 0.3) is 0 Å². The molecule has 18 heavy (non-hydrogen) atoms.